The lowest BCUT2D eigenvalue weighted by Crippen LogP contribution is -2.44. The molecule has 18 heavy (non-hydrogen) atoms. The smallest absolute Gasteiger partial charge is 0.326 e. The monoisotopic (exact) mass is 254 g/mol. The zero-order chi connectivity index (χ0) is 13.7. The number of nitrogens with one attached hydrogen (secondary N) is 1. The normalized spacial score (nSPS) is 11.8. The summed E-state index contributed by atoms with van der Waals surface area (Å²) in [5.41, 5.74) is 5.55. The number of benzene rings is 1. The Labute approximate surface area is 103 Å². The van der Waals surface area contributed by atoms with Crippen LogP contribution in [0.25, 0.3) is 0 Å². The molecule has 0 spiro atoms. The number of phenolic OH excluding ortho intramolecular Hbond substituents is 2. The van der Waals surface area contributed by atoms with Gasteiger partial charge in [-0.05, 0) is 17.7 Å². The maximum atomic E-state index is 11.0. The summed E-state index contributed by atoms with van der Waals surface area (Å²) in [6, 6.07) is 2.80. The molecule has 1 amide bonds. The number of carbonyl (C=O) groups excluding carboxylic acids is 1. The molecule has 7 nitrogen and oxygen atoms in total. The van der Waals surface area contributed by atoms with Crippen molar-refractivity contribution in [2.24, 2.45) is 5.73 Å². The number of amides is 1. The molecule has 0 saturated heterocycles. The van der Waals surface area contributed by atoms with Crippen molar-refractivity contribution in [1.82, 2.24) is 5.32 Å². The number of carboxylic acids is 1. The summed E-state index contributed by atoms with van der Waals surface area (Å²) in [5.74, 6) is -2.42. The molecule has 0 radical (unpaired) electrons. The number of phenols is 2. The summed E-state index contributed by atoms with van der Waals surface area (Å²) in [6.07, 6.45) is -0.0189. The third-order valence-corrected chi connectivity index (χ3v) is 2.30. The summed E-state index contributed by atoms with van der Waals surface area (Å²) in [5, 5.41) is 29.6. The minimum absolute atomic E-state index is 0.0189. The van der Waals surface area contributed by atoms with Gasteiger partial charge in [-0.25, -0.2) is 4.79 Å². The fourth-order valence-electron chi connectivity index (χ4n) is 1.39. The topological polar surface area (TPSA) is 133 Å². The summed E-state index contributed by atoms with van der Waals surface area (Å²) in [6.45, 7) is -0.301. The SMILES string of the molecule is NCC(=O)N[C@@H](Cc1ccc(O)c(O)c1)C(=O)O. The van der Waals surface area contributed by atoms with Crippen LogP contribution in [0, 0.1) is 0 Å². The van der Waals surface area contributed by atoms with Gasteiger partial charge in [0.2, 0.25) is 5.91 Å². The fourth-order valence-corrected chi connectivity index (χ4v) is 1.39. The van der Waals surface area contributed by atoms with Crippen molar-refractivity contribution >= 4 is 11.9 Å². The van der Waals surface area contributed by atoms with E-state index in [1.54, 1.807) is 0 Å². The lowest BCUT2D eigenvalue weighted by molar-refractivity contribution is -0.141. The number of rotatable bonds is 5. The van der Waals surface area contributed by atoms with Gasteiger partial charge in [0.1, 0.15) is 6.04 Å². The molecule has 1 aromatic rings. The molecule has 0 saturated carbocycles. The quantitative estimate of drug-likeness (QED) is 0.435. The summed E-state index contributed by atoms with van der Waals surface area (Å²) in [7, 11) is 0. The predicted molar refractivity (Wildman–Crippen MR) is 62.1 cm³/mol. The van der Waals surface area contributed by atoms with Crippen molar-refractivity contribution in [2.45, 2.75) is 12.5 Å². The standard InChI is InChI=1S/C11H14N2O5/c12-5-10(16)13-7(11(17)18)3-6-1-2-8(14)9(15)4-6/h1-2,4,7,14-15H,3,5,12H2,(H,13,16)(H,17,18)/t7-/m0/s1. The number of carbonyl (C=O) groups is 2. The second-order valence-corrected chi connectivity index (χ2v) is 3.69. The molecule has 0 fully saturated rings. The number of hydrogen-bond donors (Lipinski definition) is 5. The van der Waals surface area contributed by atoms with Gasteiger partial charge in [0.05, 0.1) is 6.54 Å². The Kier molecular flexibility index (Phi) is 4.50. The minimum atomic E-state index is -1.20. The molecule has 6 N–H and O–H groups in total. The number of nitrogens with two attached hydrogens (primary N) is 1. The van der Waals surface area contributed by atoms with Crippen molar-refractivity contribution in [3.8, 4) is 11.5 Å². The Balaban J connectivity index is 2.80. The van der Waals surface area contributed by atoms with E-state index in [2.05, 4.69) is 5.32 Å². The van der Waals surface area contributed by atoms with Crippen LogP contribution >= 0.6 is 0 Å². The Morgan fingerprint density at radius 2 is 1.94 bits per heavy atom. The zero-order valence-corrected chi connectivity index (χ0v) is 9.46. The average Bonchev–Trinajstić information content (AvgIpc) is 2.32. The summed E-state index contributed by atoms with van der Waals surface area (Å²) < 4.78 is 0. The fraction of sp³-hybridized carbons (Fsp3) is 0.273. The maximum Gasteiger partial charge on any atom is 0.326 e. The first-order valence-electron chi connectivity index (χ1n) is 5.17. The molecule has 0 unspecified atom stereocenters. The molecule has 0 aromatic heterocycles. The van der Waals surface area contributed by atoms with Gasteiger partial charge < -0.3 is 26.4 Å². The van der Waals surface area contributed by atoms with E-state index in [-0.39, 0.29) is 24.5 Å². The van der Waals surface area contributed by atoms with Crippen molar-refractivity contribution in [2.75, 3.05) is 6.54 Å². The van der Waals surface area contributed by atoms with E-state index in [0.717, 1.165) is 0 Å². The predicted octanol–water partition coefficient (Wildman–Crippen LogP) is -0.832. The van der Waals surface area contributed by atoms with Gasteiger partial charge in [0.25, 0.3) is 0 Å². The summed E-state index contributed by atoms with van der Waals surface area (Å²) in [4.78, 5) is 22.0. The van der Waals surface area contributed by atoms with Gasteiger partial charge in [-0.15, -0.1) is 0 Å². The van der Waals surface area contributed by atoms with Crippen molar-refractivity contribution in [1.29, 1.82) is 0 Å². The molecule has 1 atom stereocenters. The van der Waals surface area contributed by atoms with Gasteiger partial charge in [0.15, 0.2) is 11.5 Å². The first-order chi connectivity index (χ1) is 8.43. The molecule has 0 aliphatic carbocycles. The Hall–Kier alpha value is -2.28. The van der Waals surface area contributed by atoms with Gasteiger partial charge >= 0.3 is 5.97 Å². The third kappa shape index (κ3) is 3.63. The van der Waals surface area contributed by atoms with E-state index in [0.29, 0.717) is 5.56 Å². The van der Waals surface area contributed by atoms with Gasteiger partial charge in [-0.1, -0.05) is 6.07 Å². The number of aromatic hydroxyl groups is 2. The molecule has 1 aromatic carbocycles. The van der Waals surface area contributed by atoms with Crippen LogP contribution in [0.4, 0.5) is 0 Å². The first kappa shape index (κ1) is 13.8. The van der Waals surface area contributed by atoms with E-state index in [9.17, 15) is 14.7 Å². The second-order valence-electron chi connectivity index (χ2n) is 3.69. The van der Waals surface area contributed by atoms with Crippen LogP contribution in [-0.4, -0.2) is 39.8 Å². The molecule has 1 rings (SSSR count). The van der Waals surface area contributed by atoms with E-state index in [4.69, 9.17) is 15.9 Å². The van der Waals surface area contributed by atoms with Crippen molar-refractivity contribution in [3.05, 3.63) is 23.8 Å². The first-order valence-corrected chi connectivity index (χ1v) is 5.17. The van der Waals surface area contributed by atoms with Crippen molar-refractivity contribution < 1.29 is 24.9 Å². The molecule has 0 heterocycles. The Bertz CT molecular complexity index is 461. The van der Waals surface area contributed by atoms with Crippen LogP contribution < -0.4 is 11.1 Å². The molecular formula is C11H14N2O5. The van der Waals surface area contributed by atoms with Crippen LogP contribution in [0.2, 0.25) is 0 Å². The average molecular weight is 254 g/mol. The van der Waals surface area contributed by atoms with Crippen LogP contribution in [0.1, 0.15) is 5.56 Å². The maximum absolute atomic E-state index is 11.0. The molecule has 7 heteroatoms. The van der Waals surface area contributed by atoms with Crippen LogP contribution in [-0.2, 0) is 16.0 Å². The highest BCUT2D eigenvalue weighted by atomic mass is 16.4. The number of aliphatic carboxylic acids is 1. The highest BCUT2D eigenvalue weighted by Crippen LogP contribution is 2.25. The lowest BCUT2D eigenvalue weighted by Gasteiger charge is -2.14. The third-order valence-electron chi connectivity index (χ3n) is 2.30. The number of hydrogen-bond acceptors (Lipinski definition) is 5. The van der Waals surface area contributed by atoms with E-state index >= 15 is 0 Å². The van der Waals surface area contributed by atoms with Gasteiger partial charge in [-0.2, -0.15) is 0 Å². The molecule has 0 bridgehead atoms. The van der Waals surface area contributed by atoms with Gasteiger partial charge in [-0.3, -0.25) is 4.79 Å². The van der Waals surface area contributed by atoms with E-state index in [1.165, 1.54) is 18.2 Å². The molecule has 98 valence electrons. The Morgan fingerprint density at radius 3 is 2.44 bits per heavy atom. The highest BCUT2D eigenvalue weighted by molar-refractivity contribution is 5.84. The van der Waals surface area contributed by atoms with Crippen LogP contribution in [0.15, 0.2) is 18.2 Å². The number of carboxylic acid groups (broad SMARTS) is 1. The zero-order valence-electron chi connectivity index (χ0n) is 9.46. The largest absolute Gasteiger partial charge is 0.504 e. The lowest BCUT2D eigenvalue weighted by atomic mass is 10.1. The molecule has 0 aliphatic heterocycles. The van der Waals surface area contributed by atoms with Crippen LogP contribution in [0.3, 0.4) is 0 Å². The summed E-state index contributed by atoms with van der Waals surface area (Å²) >= 11 is 0. The molecule has 0 aliphatic rings. The van der Waals surface area contributed by atoms with E-state index < -0.39 is 17.9 Å². The van der Waals surface area contributed by atoms with Crippen molar-refractivity contribution in [3.63, 3.8) is 0 Å². The second kappa shape index (κ2) is 5.87. The van der Waals surface area contributed by atoms with E-state index in [1.807, 2.05) is 0 Å². The van der Waals surface area contributed by atoms with Crippen LogP contribution in [0.5, 0.6) is 11.5 Å². The highest BCUT2D eigenvalue weighted by Gasteiger charge is 2.20. The van der Waals surface area contributed by atoms with Gasteiger partial charge in [0, 0.05) is 6.42 Å². The molecular weight excluding hydrogens is 240 g/mol. The Morgan fingerprint density at radius 1 is 1.28 bits per heavy atom. The minimum Gasteiger partial charge on any atom is -0.504 e.